The zero-order valence-corrected chi connectivity index (χ0v) is 11.2. The van der Waals surface area contributed by atoms with Gasteiger partial charge in [0, 0.05) is 11.6 Å². The van der Waals surface area contributed by atoms with Crippen LogP contribution in [0.5, 0.6) is 0 Å². The number of hydrogen-bond acceptors (Lipinski definition) is 2. The topological polar surface area (TPSA) is 24.9 Å². The van der Waals surface area contributed by atoms with Crippen molar-refractivity contribution in [3.63, 3.8) is 0 Å². The lowest BCUT2D eigenvalue weighted by Crippen LogP contribution is -2.27. The summed E-state index contributed by atoms with van der Waals surface area (Å²) in [5.41, 5.74) is 2.35. The molecule has 0 saturated carbocycles. The first-order valence-corrected chi connectivity index (χ1v) is 7.14. The second kappa shape index (κ2) is 5.98. The Hall–Kier alpha value is -1.67. The Morgan fingerprint density at radius 2 is 2.00 bits per heavy atom. The van der Waals surface area contributed by atoms with Gasteiger partial charge in [-0.2, -0.15) is 0 Å². The van der Waals surface area contributed by atoms with Crippen LogP contribution in [0.3, 0.4) is 0 Å². The smallest absolute Gasteiger partial charge is 0.0707 e. The van der Waals surface area contributed by atoms with Crippen molar-refractivity contribution >= 4 is 17.0 Å². The van der Waals surface area contributed by atoms with Crippen LogP contribution in [0.15, 0.2) is 42.6 Å². The largest absolute Gasteiger partial charge is 0.317 e. The first-order chi connectivity index (χ1) is 9.43. The van der Waals surface area contributed by atoms with Gasteiger partial charge in [0.1, 0.15) is 0 Å². The molecule has 3 rings (SSSR count). The van der Waals surface area contributed by atoms with Crippen molar-refractivity contribution in [3.8, 4) is 0 Å². The van der Waals surface area contributed by atoms with E-state index < -0.39 is 0 Å². The number of piperidine rings is 1. The van der Waals surface area contributed by atoms with Crippen LogP contribution < -0.4 is 5.32 Å². The molecule has 2 aromatic rings. The first kappa shape index (κ1) is 12.4. The average Bonchev–Trinajstić information content (AvgIpc) is 2.49. The van der Waals surface area contributed by atoms with Crippen molar-refractivity contribution in [1.29, 1.82) is 0 Å². The average molecular weight is 252 g/mol. The van der Waals surface area contributed by atoms with Crippen LogP contribution in [0.2, 0.25) is 0 Å². The standard InChI is InChI=1S/C17H20N2/c1-2-7-17-16(6-1)15(10-13-19-17)5-3-4-14-8-11-18-12-9-14/h1-3,5-7,10,13-14,18H,4,8-9,11-12H2/b5-3+. The van der Waals surface area contributed by atoms with Gasteiger partial charge in [-0.1, -0.05) is 30.4 Å². The highest BCUT2D eigenvalue weighted by atomic mass is 14.9. The molecule has 2 nitrogen and oxygen atoms in total. The van der Waals surface area contributed by atoms with Gasteiger partial charge in [-0.3, -0.25) is 4.98 Å². The summed E-state index contributed by atoms with van der Waals surface area (Å²) in [6, 6.07) is 10.4. The van der Waals surface area contributed by atoms with E-state index in [0.717, 1.165) is 11.4 Å². The summed E-state index contributed by atoms with van der Waals surface area (Å²) in [6.45, 7) is 2.35. The summed E-state index contributed by atoms with van der Waals surface area (Å²) in [5, 5.41) is 4.66. The molecule has 2 heterocycles. The zero-order valence-electron chi connectivity index (χ0n) is 11.2. The summed E-state index contributed by atoms with van der Waals surface area (Å²) >= 11 is 0. The van der Waals surface area contributed by atoms with E-state index in [1.807, 2.05) is 12.3 Å². The van der Waals surface area contributed by atoms with E-state index in [9.17, 15) is 0 Å². The van der Waals surface area contributed by atoms with Gasteiger partial charge in [-0.25, -0.2) is 0 Å². The van der Waals surface area contributed by atoms with Gasteiger partial charge in [0.25, 0.3) is 0 Å². The molecule has 1 N–H and O–H groups in total. The summed E-state index contributed by atoms with van der Waals surface area (Å²) in [6.07, 6.45) is 10.3. The maximum atomic E-state index is 4.40. The molecule has 0 aliphatic carbocycles. The predicted octanol–water partition coefficient (Wildman–Crippen LogP) is 3.64. The van der Waals surface area contributed by atoms with Crippen molar-refractivity contribution in [2.24, 2.45) is 5.92 Å². The van der Waals surface area contributed by atoms with Crippen LogP contribution in [0.4, 0.5) is 0 Å². The Kier molecular flexibility index (Phi) is 3.89. The van der Waals surface area contributed by atoms with E-state index in [-0.39, 0.29) is 0 Å². The summed E-state index contributed by atoms with van der Waals surface area (Å²) in [5.74, 6) is 0.852. The molecule has 0 amide bonds. The number of benzene rings is 1. The SMILES string of the molecule is C(=C\c1ccnc2ccccc12)/CC1CCNCC1. The third-order valence-electron chi connectivity index (χ3n) is 3.91. The summed E-state index contributed by atoms with van der Waals surface area (Å²) in [7, 11) is 0. The maximum absolute atomic E-state index is 4.40. The molecule has 0 bridgehead atoms. The fourth-order valence-electron chi connectivity index (χ4n) is 2.77. The minimum Gasteiger partial charge on any atom is -0.317 e. The highest BCUT2D eigenvalue weighted by Gasteiger charge is 2.10. The van der Waals surface area contributed by atoms with Gasteiger partial charge in [0.2, 0.25) is 0 Å². The molecule has 1 aromatic heterocycles. The molecule has 1 fully saturated rings. The number of pyridine rings is 1. The summed E-state index contributed by atoms with van der Waals surface area (Å²) < 4.78 is 0. The van der Waals surface area contributed by atoms with Crippen molar-refractivity contribution in [2.75, 3.05) is 13.1 Å². The minimum absolute atomic E-state index is 0.852. The number of rotatable bonds is 3. The highest BCUT2D eigenvalue weighted by Crippen LogP contribution is 2.20. The highest BCUT2D eigenvalue weighted by molar-refractivity contribution is 5.87. The fraction of sp³-hybridized carbons (Fsp3) is 0.353. The van der Waals surface area contributed by atoms with E-state index in [2.05, 4.69) is 46.7 Å². The number of allylic oxidation sites excluding steroid dienone is 1. The summed E-state index contributed by atoms with van der Waals surface area (Å²) in [4.78, 5) is 4.40. The predicted molar refractivity (Wildman–Crippen MR) is 81.0 cm³/mol. The van der Waals surface area contributed by atoms with Gasteiger partial charge >= 0.3 is 0 Å². The molecule has 1 saturated heterocycles. The van der Waals surface area contributed by atoms with E-state index in [1.165, 1.54) is 43.3 Å². The molecule has 0 radical (unpaired) electrons. The molecular formula is C17H20N2. The number of para-hydroxylation sites is 1. The van der Waals surface area contributed by atoms with Crippen molar-refractivity contribution in [2.45, 2.75) is 19.3 Å². The lowest BCUT2D eigenvalue weighted by molar-refractivity contribution is 0.378. The Bertz CT molecular complexity index is 563. The molecule has 0 unspecified atom stereocenters. The minimum atomic E-state index is 0.852. The molecule has 2 heteroatoms. The Morgan fingerprint density at radius 1 is 1.16 bits per heavy atom. The van der Waals surface area contributed by atoms with Crippen molar-refractivity contribution in [1.82, 2.24) is 10.3 Å². The van der Waals surface area contributed by atoms with E-state index in [1.54, 1.807) is 0 Å². The van der Waals surface area contributed by atoms with Crippen LogP contribution in [-0.4, -0.2) is 18.1 Å². The van der Waals surface area contributed by atoms with Gasteiger partial charge in [0.05, 0.1) is 5.52 Å². The fourth-order valence-corrected chi connectivity index (χ4v) is 2.77. The Balaban J connectivity index is 1.73. The normalized spacial score (nSPS) is 17.3. The molecular weight excluding hydrogens is 232 g/mol. The molecule has 1 aliphatic heterocycles. The third kappa shape index (κ3) is 3.02. The van der Waals surface area contributed by atoms with Gasteiger partial charge in [-0.05, 0) is 56.0 Å². The third-order valence-corrected chi connectivity index (χ3v) is 3.91. The van der Waals surface area contributed by atoms with Crippen LogP contribution >= 0.6 is 0 Å². The van der Waals surface area contributed by atoms with Crippen LogP contribution in [0.1, 0.15) is 24.8 Å². The number of fused-ring (bicyclic) bond motifs is 1. The van der Waals surface area contributed by atoms with Gasteiger partial charge < -0.3 is 5.32 Å². The number of hydrogen-bond donors (Lipinski definition) is 1. The lowest BCUT2D eigenvalue weighted by atomic mass is 9.94. The molecule has 1 aromatic carbocycles. The number of nitrogens with zero attached hydrogens (tertiary/aromatic N) is 1. The zero-order chi connectivity index (χ0) is 12.9. The molecule has 0 spiro atoms. The van der Waals surface area contributed by atoms with Gasteiger partial charge in [-0.15, -0.1) is 0 Å². The lowest BCUT2D eigenvalue weighted by Gasteiger charge is -2.20. The Morgan fingerprint density at radius 3 is 2.89 bits per heavy atom. The maximum Gasteiger partial charge on any atom is 0.0707 e. The van der Waals surface area contributed by atoms with Crippen LogP contribution in [-0.2, 0) is 0 Å². The second-order valence-electron chi connectivity index (χ2n) is 5.25. The molecule has 1 aliphatic rings. The van der Waals surface area contributed by atoms with Crippen molar-refractivity contribution < 1.29 is 0 Å². The van der Waals surface area contributed by atoms with Crippen LogP contribution in [0.25, 0.3) is 17.0 Å². The molecule has 0 atom stereocenters. The molecule has 98 valence electrons. The first-order valence-electron chi connectivity index (χ1n) is 7.14. The van der Waals surface area contributed by atoms with E-state index in [0.29, 0.717) is 0 Å². The van der Waals surface area contributed by atoms with E-state index >= 15 is 0 Å². The van der Waals surface area contributed by atoms with Gasteiger partial charge in [0.15, 0.2) is 0 Å². The monoisotopic (exact) mass is 252 g/mol. The number of nitrogens with one attached hydrogen (secondary N) is 1. The van der Waals surface area contributed by atoms with Crippen LogP contribution in [0, 0.1) is 5.92 Å². The number of aromatic nitrogens is 1. The quantitative estimate of drug-likeness (QED) is 0.902. The second-order valence-corrected chi connectivity index (χ2v) is 5.25. The van der Waals surface area contributed by atoms with E-state index in [4.69, 9.17) is 0 Å². The molecule has 19 heavy (non-hydrogen) atoms. The Labute approximate surface area is 114 Å². The van der Waals surface area contributed by atoms with Crippen molar-refractivity contribution in [3.05, 3.63) is 48.2 Å².